The van der Waals surface area contributed by atoms with Gasteiger partial charge in [-0.2, -0.15) is 13.2 Å². The second-order valence-corrected chi connectivity index (χ2v) is 9.81. The van der Waals surface area contributed by atoms with Crippen LogP contribution in [0.1, 0.15) is 10.5 Å². The van der Waals surface area contributed by atoms with E-state index in [2.05, 4.69) is 24.9 Å². The van der Waals surface area contributed by atoms with Crippen LogP contribution >= 0.6 is 0 Å². The van der Waals surface area contributed by atoms with Gasteiger partial charge in [0, 0.05) is 29.4 Å². The molecule has 0 saturated carbocycles. The molecular weight excluding hydrogens is 704 g/mol. The number of pyridine rings is 5. The maximum atomic E-state index is 10.8. The van der Waals surface area contributed by atoms with Crippen LogP contribution in [0.4, 0.5) is 13.2 Å². The summed E-state index contributed by atoms with van der Waals surface area (Å²) in [6.45, 7) is 0. The summed E-state index contributed by atoms with van der Waals surface area (Å²) in [5.41, 5.74) is -0.968. The number of carboxylic acid groups (broad SMARTS) is 1. The first-order chi connectivity index (χ1) is 20.4. The standard InChI is InChI=1S/C15H11N3.C13H8N2O2.CHF3O3S.H2O.Ru/c1-3-10-16-12(6-1)14-8-5-9-15(18-14)13-7-2-4-11-17-13;16-13(17)10-6-5-9-4-3-8-2-1-7-14-11(8)12(9)15-10;2-1(3,4)8(5,6)7;;/h1-11H;1-7H,(H,16,17);(H,5,6,7);1H2;/q;;;;+2/p-2. The van der Waals surface area contributed by atoms with Crippen LogP contribution < -0.4 is 5.11 Å². The Morgan fingerprint density at radius 3 is 1.56 bits per heavy atom. The van der Waals surface area contributed by atoms with E-state index in [1.54, 1.807) is 24.7 Å². The Hall–Kier alpha value is -4.76. The van der Waals surface area contributed by atoms with E-state index in [9.17, 15) is 23.1 Å². The van der Waals surface area contributed by atoms with Crippen LogP contribution in [0, 0.1) is 0 Å². The number of carbonyl (C=O) groups excluding carboxylic acids is 1. The molecule has 0 aliphatic rings. The fourth-order valence-electron chi connectivity index (χ4n) is 3.59. The SMILES string of the molecule is O.O=C([O-])c1ccc2ccc3cccnc3c2n1.O=S(=O)([O-])C(F)(F)F.[Ru+2].c1ccc(-c2cccc(-c3ccccn3)n2)nc1. The van der Waals surface area contributed by atoms with Crippen molar-refractivity contribution in [2.45, 2.75) is 5.51 Å². The van der Waals surface area contributed by atoms with E-state index >= 15 is 0 Å². The molecule has 0 radical (unpaired) electrons. The summed E-state index contributed by atoms with van der Waals surface area (Å²) >= 11 is 0. The Morgan fingerprint density at radius 2 is 1.09 bits per heavy atom. The maximum Gasteiger partial charge on any atom is 2.00 e. The zero-order chi connectivity index (χ0) is 31.0. The number of carboxylic acids is 1. The van der Waals surface area contributed by atoms with Gasteiger partial charge in [-0.05, 0) is 48.5 Å². The molecule has 45 heavy (non-hydrogen) atoms. The molecule has 0 bridgehead atoms. The summed E-state index contributed by atoms with van der Waals surface area (Å²) in [7, 11) is -6.09. The quantitative estimate of drug-likeness (QED) is 0.113. The molecule has 2 N–H and O–H groups in total. The van der Waals surface area contributed by atoms with Crippen LogP contribution in [-0.2, 0) is 29.6 Å². The number of rotatable bonds is 3. The Bertz CT molecular complexity index is 1930. The summed E-state index contributed by atoms with van der Waals surface area (Å²) in [5, 5.41) is 12.6. The van der Waals surface area contributed by atoms with E-state index in [0.717, 1.165) is 33.5 Å². The number of hydrogen-bond acceptors (Lipinski definition) is 10. The maximum absolute atomic E-state index is 10.8. The Labute approximate surface area is 266 Å². The summed E-state index contributed by atoms with van der Waals surface area (Å²) in [6, 6.07) is 28.2. The fourth-order valence-corrected chi connectivity index (χ4v) is 3.59. The normalized spacial score (nSPS) is 10.7. The third-order valence-corrected chi connectivity index (χ3v) is 6.10. The number of carbonyl (C=O) groups is 1. The molecule has 0 aliphatic heterocycles. The van der Waals surface area contributed by atoms with Crippen LogP contribution in [-0.4, -0.2) is 54.8 Å². The van der Waals surface area contributed by atoms with E-state index < -0.39 is 21.6 Å². The van der Waals surface area contributed by atoms with Crippen molar-refractivity contribution in [3.8, 4) is 22.8 Å². The number of benzene rings is 1. The van der Waals surface area contributed by atoms with Crippen LogP contribution in [0.5, 0.6) is 0 Å². The van der Waals surface area contributed by atoms with Crippen molar-refractivity contribution < 1.29 is 61.0 Å². The predicted octanol–water partition coefficient (Wildman–Crippen LogP) is 3.58. The zero-order valence-electron chi connectivity index (χ0n) is 22.6. The zero-order valence-corrected chi connectivity index (χ0v) is 25.1. The Morgan fingerprint density at radius 1 is 0.622 bits per heavy atom. The Balaban J connectivity index is 0.000000247. The van der Waals surface area contributed by atoms with Crippen molar-refractivity contribution >= 4 is 37.9 Å². The average Bonchev–Trinajstić information content (AvgIpc) is 3.01. The van der Waals surface area contributed by atoms with E-state index in [1.165, 1.54) is 6.07 Å². The first-order valence-corrected chi connectivity index (χ1v) is 13.5. The molecule has 0 spiro atoms. The van der Waals surface area contributed by atoms with Gasteiger partial charge in [0.2, 0.25) is 0 Å². The summed E-state index contributed by atoms with van der Waals surface area (Å²) in [5.74, 6) is -1.28. The van der Waals surface area contributed by atoms with Gasteiger partial charge in [0.05, 0.1) is 45.5 Å². The molecule has 232 valence electrons. The molecular formula is C29H20F3N5O6RuS. The van der Waals surface area contributed by atoms with Gasteiger partial charge in [0.15, 0.2) is 10.1 Å². The van der Waals surface area contributed by atoms with Gasteiger partial charge >= 0.3 is 25.0 Å². The minimum absolute atomic E-state index is 0. The van der Waals surface area contributed by atoms with Crippen molar-refractivity contribution in [2.24, 2.45) is 0 Å². The second-order valence-electron chi connectivity index (χ2n) is 8.43. The number of nitrogens with zero attached hydrogens (tertiary/aromatic N) is 5. The molecule has 6 rings (SSSR count). The smallest absolute Gasteiger partial charge is 0.741 e. The molecule has 5 aromatic heterocycles. The summed E-state index contributed by atoms with van der Waals surface area (Å²) in [6.07, 6.45) is 5.20. The van der Waals surface area contributed by atoms with Gasteiger partial charge in [0.1, 0.15) is 0 Å². The van der Waals surface area contributed by atoms with Gasteiger partial charge in [-0.3, -0.25) is 15.0 Å². The van der Waals surface area contributed by atoms with Crippen LogP contribution in [0.3, 0.4) is 0 Å². The minimum atomic E-state index is -6.09. The van der Waals surface area contributed by atoms with Crippen molar-refractivity contribution in [1.29, 1.82) is 0 Å². The molecule has 0 saturated heterocycles. The van der Waals surface area contributed by atoms with E-state index in [4.69, 9.17) is 13.0 Å². The second kappa shape index (κ2) is 15.8. The molecule has 6 aromatic rings. The topological polar surface area (TPSA) is 193 Å². The summed E-state index contributed by atoms with van der Waals surface area (Å²) < 4.78 is 58.9. The first kappa shape index (κ1) is 36.4. The third-order valence-electron chi connectivity index (χ3n) is 5.53. The van der Waals surface area contributed by atoms with E-state index in [1.807, 2.05) is 78.9 Å². The third kappa shape index (κ3) is 9.61. The van der Waals surface area contributed by atoms with Crippen LogP contribution in [0.15, 0.2) is 110 Å². The molecule has 0 aliphatic carbocycles. The largest absolute Gasteiger partial charge is 2.00 e. The minimum Gasteiger partial charge on any atom is -0.741 e. The van der Waals surface area contributed by atoms with Crippen molar-refractivity contribution in [2.75, 3.05) is 0 Å². The average molecular weight is 725 g/mol. The van der Waals surface area contributed by atoms with Crippen LogP contribution in [0.2, 0.25) is 0 Å². The molecule has 1 aromatic carbocycles. The van der Waals surface area contributed by atoms with Crippen molar-refractivity contribution in [1.82, 2.24) is 24.9 Å². The monoisotopic (exact) mass is 725 g/mol. The number of fused-ring (bicyclic) bond motifs is 3. The number of aromatic nitrogens is 5. The number of hydrogen-bond donors (Lipinski definition) is 0. The van der Waals surface area contributed by atoms with Gasteiger partial charge < -0.3 is 19.9 Å². The van der Waals surface area contributed by atoms with Crippen LogP contribution in [0.25, 0.3) is 44.6 Å². The summed E-state index contributed by atoms with van der Waals surface area (Å²) in [4.78, 5) is 32.3. The molecule has 11 nitrogen and oxygen atoms in total. The van der Waals surface area contributed by atoms with E-state index in [0.29, 0.717) is 11.0 Å². The van der Waals surface area contributed by atoms with Gasteiger partial charge in [-0.15, -0.1) is 0 Å². The molecule has 5 heterocycles. The predicted molar refractivity (Wildman–Crippen MR) is 151 cm³/mol. The number of alkyl halides is 3. The molecule has 0 fully saturated rings. The first-order valence-electron chi connectivity index (χ1n) is 12.1. The van der Waals surface area contributed by atoms with E-state index in [-0.39, 0.29) is 30.6 Å². The Kier molecular flexibility index (Phi) is 12.8. The molecule has 0 amide bonds. The molecule has 0 unspecified atom stereocenters. The van der Waals surface area contributed by atoms with Gasteiger partial charge in [-0.1, -0.05) is 42.5 Å². The molecule has 0 atom stereocenters. The van der Waals surface area contributed by atoms with Gasteiger partial charge in [0.25, 0.3) is 0 Å². The van der Waals surface area contributed by atoms with Crippen molar-refractivity contribution in [3.63, 3.8) is 0 Å². The fraction of sp³-hybridized carbons (Fsp3) is 0.0345. The van der Waals surface area contributed by atoms with Crippen molar-refractivity contribution in [3.05, 3.63) is 115 Å². The van der Waals surface area contributed by atoms with Gasteiger partial charge in [-0.25, -0.2) is 18.4 Å². The number of halogens is 3. The number of aromatic carboxylic acids is 1. The molecule has 16 heteroatoms.